The highest BCUT2D eigenvalue weighted by Gasteiger charge is 2.49. The van der Waals surface area contributed by atoms with E-state index in [1.54, 1.807) is 0 Å². The van der Waals surface area contributed by atoms with Gasteiger partial charge in [-0.15, -0.1) is 0 Å². The molecule has 0 bridgehead atoms. The van der Waals surface area contributed by atoms with E-state index in [0.717, 1.165) is 24.8 Å². The van der Waals surface area contributed by atoms with Crippen LogP contribution in [0, 0.1) is 23.2 Å². The average Bonchev–Trinajstić information content (AvgIpc) is 2.57. The summed E-state index contributed by atoms with van der Waals surface area (Å²) < 4.78 is 0. The van der Waals surface area contributed by atoms with Crippen LogP contribution in [0.3, 0.4) is 0 Å². The van der Waals surface area contributed by atoms with Gasteiger partial charge < -0.3 is 10.2 Å². The highest BCUT2D eigenvalue weighted by Crippen LogP contribution is 2.54. The highest BCUT2D eigenvalue weighted by atomic mass is 16.3. The van der Waals surface area contributed by atoms with E-state index >= 15 is 0 Å². The molecule has 1 fully saturated rings. The Bertz CT molecular complexity index is 308. The van der Waals surface area contributed by atoms with Crippen molar-refractivity contribution in [1.82, 2.24) is 0 Å². The lowest BCUT2D eigenvalue weighted by Gasteiger charge is -2.36. The molecule has 2 rings (SSSR count). The second-order valence-corrected chi connectivity index (χ2v) is 6.52. The standard InChI is InChI=1S/C15H26O2/c1-10(2)12-6-7-15(3)13(12)8-11(9-16)4-5-14(15)17/h8,10,12-14,16-17H,4-7,9H2,1-3H3/t12-,13+,14+,15+/m1/s1. The molecule has 17 heavy (non-hydrogen) atoms. The first-order chi connectivity index (χ1) is 7.99. The first-order valence-corrected chi connectivity index (χ1v) is 6.97. The average molecular weight is 238 g/mol. The van der Waals surface area contributed by atoms with Crippen LogP contribution in [0.5, 0.6) is 0 Å². The first-order valence-electron chi connectivity index (χ1n) is 6.97. The van der Waals surface area contributed by atoms with Crippen molar-refractivity contribution in [2.24, 2.45) is 23.2 Å². The molecule has 2 aliphatic carbocycles. The molecule has 1 saturated carbocycles. The number of hydrogen-bond donors (Lipinski definition) is 2. The smallest absolute Gasteiger partial charge is 0.0641 e. The zero-order chi connectivity index (χ0) is 12.6. The van der Waals surface area contributed by atoms with E-state index in [1.807, 2.05) is 0 Å². The lowest BCUT2D eigenvalue weighted by molar-refractivity contribution is 0.0109. The van der Waals surface area contributed by atoms with Crippen LogP contribution in [-0.2, 0) is 0 Å². The van der Waals surface area contributed by atoms with Gasteiger partial charge in [-0.25, -0.2) is 0 Å². The van der Waals surface area contributed by atoms with Crippen LogP contribution in [0.15, 0.2) is 11.6 Å². The molecule has 2 N–H and O–H groups in total. The van der Waals surface area contributed by atoms with Gasteiger partial charge in [0, 0.05) is 5.41 Å². The number of rotatable bonds is 2. The molecule has 2 aliphatic rings. The Morgan fingerprint density at radius 1 is 1.41 bits per heavy atom. The van der Waals surface area contributed by atoms with Gasteiger partial charge in [0.1, 0.15) is 0 Å². The Morgan fingerprint density at radius 2 is 2.12 bits per heavy atom. The molecular weight excluding hydrogens is 212 g/mol. The van der Waals surface area contributed by atoms with Crippen LogP contribution < -0.4 is 0 Å². The minimum atomic E-state index is -0.212. The van der Waals surface area contributed by atoms with Crippen molar-refractivity contribution >= 4 is 0 Å². The largest absolute Gasteiger partial charge is 0.393 e. The van der Waals surface area contributed by atoms with Gasteiger partial charge in [0.05, 0.1) is 12.7 Å². The molecule has 0 radical (unpaired) electrons. The maximum Gasteiger partial charge on any atom is 0.0641 e. The number of hydrogen-bond acceptors (Lipinski definition) is 2. The molecule has 2 heteroatoms. The normalized spacial score (nSPS) is 42.2. The first kappa shape index (κ1) is 13.1. The maximum absolute atomic E-state index is 10.4. The molecule has 98 valence electrons. The summed E-state index contributed by atoms with van der Waals surface area (Å²) in [5, 5.41) is 19.8. The summed E-state index contributed by atoms with van der Waals surface area (Å²) >= 11 is 0. The molecule has 0 aromatic heterocycles. The van der Waals surface area contributed by atoms with Crippen LogP contribution in [-0.4, -0.2) is 22.9 Å². The monoisotopic (exact) mass is 238 g/mol. The van der Waals surface area contributed by atoms with Gasteiger partial charge >= 0.3 is 0 Å². The summed E-state index contributed by atoms with van der Waals surface area (Å²) in [6.07, 6.45) is 6.07. The van der Waals surface area contributed by atoms with Gasteiger partial charge in [-0.2, -0.15) is 0 Å². The van der Waals surface area contributed by atoms with Crippen LogP contribution in [0.1, 0.15) is 46.5 Å². The molecule has 4 atom stereocenters. The number of aliphatic hydroxyl groups is 2. The Morgan fingerprint density at radius 3 is 2.71 bits per heavy atom. The Hall–Kier alpha value is -0.340. The molecule has 0 unspecified atom stereocenters. The molecular formula is C15H26O2. The quantitative estimate of drug-likeness (QED) is 0.726. The number of fused-ring (bicyclic) bond motifs is 1. The third kappa shape index (κ3) is 2.17. The van der Waals surface area contributed by atoms with Crippen molar-refractivity contribution < 1.29 is 10.2 Å². The topological polar surface area (TPSA) is 40.5 Å². The van der Waals surface area contributed by atoms with Crippen LogP contribution >= 0.6 is 0 Å². The van der Waals surface area contributed by atoms with Gasteiger partial charge in [-0.1, -0.05) is 26.8 Å². The van der Waals surface area contributed by atoms with Crippen molar-refractivity contribution in [2.45, 2.75) is 52.6 Å². The van der Waals surface area contributed by atoms with Crippen molar-refractivity contribution in [3.8, 4) is 0 Å². The summed E-state index contributed by atoms with van der Waals surface area (Å²) in [7, 11) is 0. The van der Waals surface area contributed by atoms with Crippen molar-refractivity contribution in [3.05, 3.63) is 11.6 Å². The predicted octanol–water partition coefficient (Wildman–Crippen LogP) is 2.75. The maximum atomic E-state index is 10.4. The molecule has 0 heterocycles. The van der Waals surface area contributed by atoms with Gasteiger partial charge in [0.2, 0.25) is 0 Å². The molecule has 0 aliphatic heterocycles. The minimum Gasteiger partial charge on any atom is -0.393 e. The van der Waals surface area contributed by atoms with Gasteiger partial charge in [-0.3, -0.25) is 0 Å². The summed E-state index contributed by atoms with van der Waals surface area (Å²) in [5.74, 6) is 1.76. The number of aliphatic hydroxyl groups excluding tert-OH is 2. The highest BCUT2D eigenvalue weighted by molar-refractivity contribution is 5.16. The van der Waals surface area contributed by atoms with E-state index in [0.29, 0.717) is 17.8 Å². The second kappa shape index (κ2) is 4.74. The zero-order valence-electron chi connectivity index (χ0n) is 11.3. The molecule has 0 aromatic carbocycles. The van der Waals surface area contributed by atoms with E-state index in [4.69, 9.17) is 0 Å². The Labute approximate surface area is 105 Å². The van der Waals surface area contributed by atoms with Crippen LogP contribution in [0.2, 0.25) is 0 Å². The predicted molar refractivity (Wildman–Crippen MR) is 69.6 cm³/mol. The number of allylic oxidation sites excluding steroid dienone is 1. The van der Waals surface area contributed by atoms with E-state index in [1.165, 1.54) is 6.42 Å². The van der Waals surface area contributed by atoms with E-state index in [9.17, 15) is 10.2 Å². The van der Waals surface area contributed by atoms with Crippen LogP contribution in [0.25, 0.3) is 0 Å². The van der Waals surface area contributed by atoms with Crippen LogP contribution in [0.4, 0.5) is 0 Å². The van der Waals surface area contributed by atoms with Crippen molar-refractivity contribution in [1.29, 1.82) is 0 Å². The SMILES string of the molecule is CC(C)[C@H]1CC[C@]2(C)[C@@H](O)CCC(CO)=C[C@@H]12. The molecule has 0 spiro atoms. The molecule has 0 amide bonds. The molecule has 0 aromatic rings. The third-order valence-corrected chi connectivity index (χ3v) is 5.21. The molecule has 2 nitrogen and oxygen atoms in total. The Kier molecular flexibility index (Phi) is 3.65. The summed E-state index contributed by atoms with van der Waals surface area (Å²) in [6.45, 7) is 6.95. The summed E-state index contributed by atoms with van der Waals surface area (Å²) in [6, 6.07) is 0. The lowest BCUT2D eigenvalue weighted by Crippen LogP contribution is -2.36. The lowest BCUT2D eigenvalue weighted by atomic mass is 9.71. The third-order valence-electron chi connectivity index (χ3n) is 5.21. The zero-order valence-corrected chi connectivity index (χ0v) is 11.3. The van der Waals surface area contributed by atoms with Crippen molar-refractivity contribution in [3.63, 3.8) is 0 Å². The fraction of sp³-hybridized carbons (Fsp3) is 0.867. The van der Waals surface area contributed by atoms with Gasteiger partial charge in [-0.05, 0) is 49.0 Å². The fourth-order valence-electron chi connectivity index (χ4n) is 3.88. The summed E-state index contributed by atoms with van der Waals surface area (Å²) in [4.78, 5) is 0. The van der Waals surface area contributed by atoms with E-state index < -0.39 is 0 Å². The Balaban J connectivity index is 2.33. The molecule has 0 saturated heterocycles. The van der Waals surface area contributed by atoms with Crippen molar-refractivity contribution in [2.75, 3.05) is 6.61 Å². The van der Waals surface area contributed by atoms with Gasteiger partial charge in [0.15, 0.2) is 0 Å². The second-order valence-electron chi connectivity index (χ2n) is 6.52. The minimum absolute atomic E-state index is 0.0336. The summed E-state index contributed by atoms with van der Waals surface area (Å²) in [5.41, 5.74) is 1.16. The van der Waals surface area contributed by atoms with E-state index in [2.05, 4.69) is 26.8 Å². The van der Waals surface area contributed by atoms with Gasteiger partial charge in [0.25, 0.3) is 0 Å². The van der Waals surface area contributed by atoms with E-state index in [-0.39, 0.29) is 18.1 Å². The fourth-order valence-corrected chi connectivity index (χ4v) is 3.88.